The van der Waals surface area contributed by atoms with Crippen LogP contribution in [-0.2, 0) is 35.5 Å². The summed E-state index contributed by atoms with van der Waals surface area (Å²) in [6.45, 7) is 0.808. The van der Waals surface area contributed by atoms with Crippen LogP contribution in [0.3, 0.4) is 0 Å². The zero-order valence-electron chi connectivity index (χ0n) is 21.8. The number of aromatic carboxylic acids is 1. The molecule has 3 N–H and O–H groups in total. The first-order chi connectivity index (χ1) is 19.2. The number of ether oxygens (including phenoxy) is 2. The number of sulfone groups is 1. The fraction of sp³-hybridized carbons (Fsp3) is 0.423. The topological polar surface area (TPSA) is 180 Å². The van der Waals surface area contributed by atoms with Crippen LogP contribution < -0.4 is 5.73 Å². The van der Waals surface area contributed by atoms with E-state index in [1.807, 2.05) is 0 Å². The zero-order chi connectivity index (χ0) is 30.5. The fourth-order valence-corrected chi connectivity index (χ4v) is 6.03. The average Bonchev–Trinajstić information content (AvgIpc) is 3.40. The van der Waals surface area contributed by atoms with Crippen molar-refractivity contribution in [2.75, 3.05) is 25.2 Å². The summed E-state index contributed by atoms with van der Waals surface area (Å²) in [6, 6.07) is 3.83. The summed E-state index contributed by atoms with van der Waals surface area (Å²) < 4.78 is 35.5. The van der Waals surface area contributed by atoms with Crippen LogP contribution in [0.15, 0.2) is 23.1 Å². The lowest BCUT2D eigenvalue weighted by molar-refractivity contribution is -0.133. The van der Waals surface area contributed by atoms with Crippen LogP contribution in [0.5, 0.6) is 0 Å². The van der Waals surface area contributed by atoms with Crippen LogP contribution in [0.25, 0.3) is 0 Å². The van der Waals surface area contributed by atoms with Gasteiger partial charge in [-0.05, 0) is 37.5 Å². The molecule has 1 aliphatic carbocycles. The molecule has 15 heteroatoms. The molecule has 0 amide bonds. The number of carboxylic acid groups (broad SMARTS) is 1. The first-order valence-electron chi connectivity index (χ1n) is 12.4. The van der Waals surface area contributed by atoms with E-state index in [1.165, 1.54) is 18.2 Å². The van der Waals surface area contributed by atoms with Gasteiger partial charge in [-0.2, -0.15) is 0 Å². The Morgan fingerprint density at radius 2 is 1.78 bits per heavy atom. The van der Waals surface area contributed by atoms with Crippen LogP contribution in [0.2, 0.25) is 15.2 Å². The van der Waals surface area contributed by atoms with Crippen LogP contribution >= 0.6 is 34.8 Å². The summed E-state index contributed by atoms with van der Waals surface area (Å²) in [7, 11) is -3.64. The van der Waals surface area contributed by atoms with Gasteiger partial charge >= 0.3 is 5.97 Å². The number of halogens is 3. The van der Waals surface area contributed by atoms with E-state index in [-0.39, 0.29) is 74.8 Å². The van der Waals surface area contributed by atoms with Gasteiger partial charge in [0.05, 0.1) is 39.9 Å². The number of benzene rings is 1. The number of ketones is 3. The van der Waals surface area contributed by atoms with E-state index in [0.717, 1.165) is 19.1 Å². The largest absolute Gasteiger partial charge is 0.476 e. The Balaban J connectivity index is 0.000000322. The molecule has 2 aromatic rings. The number of carbonyl (C=O) groups is 4. The molecule has 2 fully saturated rings. The summed E-state index contributed by atoms with van der Waals surface area (Å²) in [5.74, 6) is -4.17. The van der Waals surface area contributed by atoms with Gasteiger partial charge in [0.2, 0.25) is 0 Å². The van der Waals surface area contributed by atoms with E-state index in [4.69, 9.17) is 55.1 Å². The van der Waals surface area contributed by atoms with Crippen molar-refractivity contribution in [3.63, 3.8) is 0 Å². The van der Waals surface area contributed by atoms with Crippen LogP contribution in [0.4, 0.5) is 5.69 Å². The van der Waals surface area contributed by atoms with E-state index in [0.29, 0.717) is 13.0 Å². The zero-order valence-corrected chi connectivity index (χ0v) is 24.9. The Hall–Kier alpha value is -2.61. The lowest BCUT2D eigenvalue weighted by Crippen LogP contribution is -2.35. The van der Waals surface area contributed by atoms with Crippen molar-refractivity contribution >= 4 is 73.6 Å². The molecular weight excluding hydrogens is 623 g/mol. The summed E-state index contributed by atoms with van der Waals surface area (Å²) in [6.07, 6.45) is 3.55. The molecule has 1 aromatic heterocycles. The second kappa shape index (κ2) is 14.0. The van der Waals surface area contributed by atoms with Gasteiger partial charge in [0.1, 0.15) is 11.1 Å². The third kappa shape index (κ3) is 8.24. The third-order valence-corrected chi connectivity index (χ3v) is 8.55. The normalized spacial score (nSPS) is 17.7. The fourth-order valence-electron chi connectivity index (χ4n) is 4.36. The number of hydrogen-bond acceptors (Lipinski definition) is 10. The van der Waals surface area contributed by atoms with Crippen LogP contribution in [0.1, 0.15) is 58.5 Å². The van der Waals surface area contributed by atoms with E-state index in [2.05, 4.69) is 4.98 Å². The molecule has 1 aliphatic heterocycles. The van der Waals surface area contributed by atoms with Gasteiger partial charge in [0.25, 0.3) is 0 Å². The first-order valence-corrected chi connectivity index (χ1v) is 15.4. The van der Waals surface area contributed by atoms with E-state index in [1.54, 1.807) is 0 Å². The minimum atomic E-state index is -3.64. The maximum Gasteiger partial charge on any atom is 0.356 e. The van der Waals surface area contributed by atoms with Crippen LogP contribution in [-0.4, -0.2) is 67.4 Å². The molecule has 1 aromatic carbocycles. The number of nitrogens with two attached hydrogens (primary N) is 1. The number of hydrogen-bond donors (Lipinski definition) is 2. The number of pyridine rings is 1. The van der Waals surface area contributed by atoms with Gasteiger partial charge < -0.3 is 20.3 Å². The molecule has 2 aliphatic rings. The smallest absolute Gasteiger partial charge is 0.356 e. The Labute approximate surface area is 251 Å². The molecule has 0 radical (unpaired) electrons. The van der Waals surface area contributed by atoms with Gasteiger partial charge in [-0.1, -0.05) is 34.8 Å². The van der Waals surface area contributed by atoms with Gasteiger partial charge in [-0.3, -0.25) is 14.4 Å². The highest BCUT2D eigenvalue weighted by Crippen LogP contribution is 2.32. The standard InChI is InChI=1S/C20H23ClO7S.C6H4Cl2N2O2/c1-29(25,26)17-8-7-13(20(24)18-15(22)5-2-6-16(18)23)19(21)14(17)11-27-10-12-4-3-9-28-12;7-3-1-2(9)4(8)5(10-3)6(11)12/h7-8,12,18H,2-6,9-11H2,1H3;1H,(H2,9,10)(H,11,12). The average molecular weight is 650 g/mol. The molecule has 1 saturated heterocycles. The molecule has 41 heavy (non-hydrogen) atoms. The predicted molar refractivity (Wildman–Crippen MR) is 151 cm³/mol. The molecule has 1 saturated carbocycles. The van der Waals surface area contributed by atoms with Crippen molar-refractivity contribution < 1.29 is 42.2 Å². The Morgan fingerprint density at radius 3 is 2.34 bits per heavy atom. The number of carbonyl (C=O) groups excluding carboxylic acids is 3. The molecular formula is C26H27Cl3N2O9S. The van der Waals surface area contributed by atoms with Crippen molar-refractivity contribution in [1.29, 1.82) is 0 Å². The van der Waals surface area contributed by atoms with Crippen molar-refractivity contribution in [3.05, 3.63) is 50.2 Å². The number of anilines is 1. The molecule has 1 unspecified atom stereocenters. The van der Waals surface area contributed by atoms with E-state index < -0.39 is 39.1 Å². The maximum atomic E-state index is 12.9. The summed E-state index contributed by atoms with van der Waals surface area (Å²) in [5, 5.41) is 8.37. The summed E-state index contributed by atoms with van der Waals surface area (Å²) >= 11 is 17.4. The number of nitrogen functional groups attached to an aromatic ring is 1. The Morgan fingerprint density at radius 1 is 1.12 bits per heavy atom. The number of Topliss-reactive ketones (excluding diaryl/α,β-unsaturated/α-hetero) is 3. The maximum absolute atomic E-state index is 12.9. The number of rotatable bonds is 8. The van der Waals surface area contributed by atoms with Gasteiger partial charge in [0, 0.05) is 36.8 Å². The van der Waals surface area contributed by atoms with E-state index in [9.17, 15) is 27.6 Å². The highest BCUT2D eigenvalue weighted by atomic mass is 35.5. The second-order valence-corrected chi connectivity index (χ2v) is 12.5. The Kier molecular flexibility index (Phi) is 11.3. The second-order valence-electron chi connectivity index (χ2n) is 9.41. The monoisotopic (exact) mass is 648 g/mol. The lowest BCUT2D eigenvalue weighted by Gasteiger charge is -2.20. The molecule has 2 heterocycles. The van der Waals surface area contributed by atoms with Gasteiger partial charge in [-0.15, -0.1) is 0 Å². The quantitative estimate of drug-likeness (QED) is 0.237. The lowest BCUT2D eigenvalue weighted by atomic mass is 9.81. The number of aromatic nitrogens is 1. The minimum Gasteiger partial charge on any atom is -0.476 e. The van der Waals surface area contributed by atoms with Gasteiger partial charge in [-0.25, -0.2) is 18.2 Å². The molecule has 4 rings (SSSR count). The molecule has 0 spiro atoms. The highest BCUT2D eigenvalue weighted by molar-refractivity contribution is 7.90. The molecule has 222 valence electrons. The SMILES string of the molecule is CS(=O)(=O)c1ccc(C(=O)C2C(=O)CCCC2=O)c(Cl)c1COCC1CCCO1.Nc1cc(Cl)nc(C(=O)O)c1Cl. The molecule has 0 bridgehead atoms. The third-order valence-electron chi connectivity index (χ3n) is 6.35. The van der Waals surface area contributed by atoms with Crippen molar-refractivity contribution in [2.45, 2.75) is 49.7 Å². The Bertz CT molecular complexity index is 1460. The van der Waals surface area contributed by atoms with Crippen molar-refractivity contribution in [3.8, 4) is 0 Å². The molecule has 1 atom stereocenters. The van der Waals surface area contributed by atoms with E-state index >= 15 is 0 Å². The van der Waals surface area contributed by atoms with Gasteiger partial charge in [0.15, 0.2) is 32.9 Å². The highest BCUT2D eigenvalue weighted by Gasteiger charge is 2.38. The first kappa shape index (κ1) is 32.9. The number of nitrogens with zero attached hydrogens (tertiary/aromatic N) is 1. The summed E-state index contributed by atoms with van der Waals surface area (Å²) in [4.78, 5) is 51.1. The predicted octanol–water partition coefficient (Wildman–Crippen LogP) is 4.23. The van der Waals surface area contributed by atoms with Crippen molar-refractivity contribution in [2.24, 2.45) is 5.92 Å². The summed E-state index contributed by atoms with van der Waals surface area (Å²) in [5.41, 5.74) is 5.22. The number of carboxylic acids is 1. The minimum absolute atomic E-state index is 0.00861. The van der Waals surface area contributed by atoms with Crippen molar-refractivity contribution in [1.82, 2.24) is 4.98 Å². The van der Waals surface area contributed by atoms with Crippen LogP contribution in [0, 0.1) is 5.92 Å². The molecule has 11 nitrogen and oxygen atoms in total.